The maximum Gasteiger partial charge on any atom is 0.180 e. The third-order valence-corrected chi connectivity index (χ3v) is 1.05. The first kappa shape index (κ1) is 12.8. The highest BCUT2D eigenvalue weighted by atomic mass is 35.7. The van der Waals surface area contributed by atoms with Crippen molar-refractivity contribution in [3.05, 3.63) is 18.2 Å². The first-order chi connectivity index (χ1) is 6.22. The molecule has 0 spiro atoms. The van der Waals surface area contributed by atoms with Crippen molar-refractivity contribution in [3.63, 3.8) is 0 Å². The van der Waals surface area contributed by atoms with Crippen LogP contribution in [0.25, 0.3) is 0 Å². The lowest BCUT2D eigenvalue weighted by atomic mass is 10.3. The number of hydrogen-bond acceptors (Lipinski definition) is 7. The fraction of sp³-hybridized carbons (Fsp3) is 0. The molecule has 0 saturated heterocycles. The van der Waals surface area contributed by atoms with Crippen LogP contribution in [-0.4, -0.2) is 14.9 Å². The highest BCUT2D eigenvalue weighted by Gasteiger charge is 1.99. The second-order valence-electron chi connectivity index (χ2n) is 2.11. The number of nitrogen functional groups attached to an aromatic ring is 1. The van der Waals surface area contributed by atoms with Crippen LogP contribution < -0.4 is 19.7 Å². The number of rotatable bonds is 0. The molecule has 14 heavy (non-hydrogen) atoms. The maximum atomic E-state index is 8.83. The van der Waals surface area contributed by atoms with E-state index in [0.717, 1.165) is 0 Å². The second-order valence-corrected chi connectivity index (χ2v) is 2.90. The van der Waals surface area contributed by atoms with E-state index in [2.05, 4.69) is 0 Å². The number of nitrogens with two attached hydrogens (primary N) is 1. The van der Waals surface area contributed by atoms with Crippen molar-refractivity contribution < 1.29 is 39.1 Å². The van der Waals surface area contributed by atoms with Crippen molar-refractivity contribution in [2.45, 2.75) is 0 Å². The molecule has 1 aromatic rings. The molecule has 8 heteroatoms. The molecule has 7 nitrogen and oxygen atoms in total. The molecule has 0 amide bonds. The molecule has 0 radical (unpaired) electrons. The Hall–Kier alpha value is -1.25. The van der Waals surface area contributed by atoms with E-state index in [0.29, 0.717) is 0 Å². The van der Waals surface area contributed by atoms with Crippen LogP contribution in [0.4, 0.5) is 5.69 Å². The predicted molar refractivity (Wildman–Crippen MR) is 36.4 cm³/mol. The minimum Gasteiger partial charge on any atom is -0.504 e. The number of halogens is 1. The standard InChI is InChI=1S/C6H7NO2.ClHO4/c7-4-2-1-3-5(8)6(4)9;2-1(3,4)5/h1-3,8-9H,7H2;(H,2,3,4,5). The van der Waals surface area contributed by atoms with Crippen LogP contribution in [0.5, 0.6) is 11.5 Å². The van der Waals surface area contributed by atoms with Crippen LogP contribution in [0.1, 0.15) is 0 Å². The molecule has 0 aromatic heterocycles. The summed E-state index contributed by atoms with van der Waals surface area (Å²) in [5, 5.41) is 17.6. The number of aromatic hydroxyl groups is 2. The smallest absolute Gasteiger partial charge is 0.180 e. The zero-order chi connectivity index (χ0) is 11.4. The van der Waals surface area contributed by atoms with Gasteiger partial charge in [-0.25, -0.2) is 0 Å². The molecule has 5 N–H and O–H groups in total. The van der Waals surface area contributed by atoms with Gasteiger partial charge in [-0.3, -0.25) is 0 Å². The van der Waals surface area contributed by atoms with E-state index in [1.807, 2.05) is 0 Å². The summed E-state index contributed by atoms with van der Waals surface area (Å²) in [5.74, 6) is -0.437. The Bertz CT molecular complexity index is 273. The molecule has 0 aliphatic carbocycles. The number of phenols is 2. The van der Waals surface area contributed by atoms with E-state index >= 15 is 0 Å². The molecular formula is C6H8ClNO6. The average molecular weight is 226 g/mol. The lowest BCUT2D eigenvalue weighted by Gasteiger charge is -2.03. The summed E-state index contributed by atoms with van der Waals surface area (Å²) < 4.78 is 32.7. The molecule has 0 unspecified atom stereocenters. The van der Waals surface area contributed by atoms with Gasteiger partial charge in [0.2, 0.25) is 0 Å². The van der Waals surface area contributed by atoms with Crippen LogP contribution in [0.2, 0.25) is 0 Å². The van der Waals surface area contributed by atoms with Crippen molar-refractivity contribution in [3.8, 4) is 11.5 Å². The third-order valence-electron chi connectivity index (χ3n) is 1.05. The van der Waals surface area contributed by atoms with Crippen LogP contribution in [0.15, 0.2) is 18.2 Å². The Morgan fingerprint density at radius 3 is 1.86 bits per heavy atom. The highest BCUT2D eigenvalue weighted by Crippen LogP contribution is 2.29. The average Bonchev–Trinajstić information content (AvgIpc) is 1.97. The van der Waals surface area contributed by atoms with Gasteiger partial charge in [0.1, 0.15) is 0 Å². The Kier molecular flexibility index (Phi) is 4.41. The Morgan fingerprint density at radius 1 is 1.14 bits per heavy atom. The Labute approximate surface area is 81.0 Å². The second kappa shape index (κ2) is 4.84. The fourth-order valence-corrected chi connectivity index (χ4v) is 0.549. The van der Waals surface area contributed by atoms with Crippen molar-refractivity contribution in [1.29, 1.82) is 0 Å². The van der Waals surface area contributed by atoms with Crippen LogP contribution in [-0.2, 0) is 0 Å². The summed E-state index contributed by atoms with van der Waals surface area (Å²) in [6, 6.07) is 4.44. The summed E-state index contributed by atoms with van der Waals surface area (Å²) in [7, 11) is -4.69. The number of benzene rings is 1. The molecular weight excluding hydrogens is 218 g/mol. The maximum absolute atomic E-state index is 8.83. The van der Waals surface area contributed by atoms with Gasteiger partial charge in [0.15, 0.2) is 11.5 Å². The highest BCUT2D eigenvalue weighted by molar-refractivity contribution is 5.58. The molecule has 0 bridgehead atoms. The number of hydrogen-bond donors (Lipinski definition) is 4. The number of para-hydroxylation sites is 1. The molecule has 0 atom stereocenters. The summed E-state index contributed by atoms with van der Waals surface area (Å²) in [6.45, 7) is 0. The van der Waals surface area contributed by atoms with Gasteiger partial charge in [-0.2, -0.15) is 14.0 Å². The number of phenolic OH excluding ortho intramolecular Hbond substituents is 2. The topological polar surface area (TPSA) is 156 Å². The van der Waals surface area contributed by atoms with E-state index < -0.39 is 10.2 Å². The van der Waals surface area contributed by atoms with Crippen LogP contribution in [0.3, 0.4) is 0 Å². The van der Waals surface area contributed by atoms with Crippen molar-refractivity contribution in [1.82, 2.24) is 0 Å². The minimum atomic E-state index is -4.69. The van der Waals surface area contributed by atoms with Crippen molar-refractivity contribution in [2.75, 3.05) is 5.73 Å². The van der Waals surface area contributed by atoms with E-state index in [1.54, 1.807) is 6.07 Å². The third kappa shape index (κ3) is 6.29. The molecule has 0 aliphatic rings. The largest absolute Gasteiger partial charge is 0.504 e. The molecule has 0 heterocycles. The van der Waals surface area contributed by atoms with Crippen LogP contribution in [0, 0.1) is 10.2 Å². The minimum absolute atomic E-state index is 0.185. The van der Waals surface area contributed by atoms with E-state index in [4.69, 9.17) is 34.6 Å². The van der Waals surface area contributed by atoms with Gasteiger partial charge in [0, 0.05) is 0 Å². The SMILES string of the molecule is Nc1cccc(O)c1O.[O-][Cl+3]([O-])([O-])O. The van der Waals surface area contributed by atoms with Gasteiger partial charge >= 0.3 is 0 Å². The van der Waals surface area contributed by atoms with Crippen molar-refractivity contribution >= 4 is 5.69 Å². The molecule has 0 aliphatic heterocycles. The summed E-state index contributed by atoms with van der Waals surface area (Å²) in [5.41, 5.74) is 5.40. The molecule has 0 fully saturated rings. The monoisotopic (exact) mass is 225 g/mol. The Balaban J connectivity index is 0.000000292. The van der Waals surface area contributed by atoms with Crippen molar-refractivity contribution in [2.24, 2.45) is 0 Å². The zero-order valence-electron chi connectivity index (χ0n) is 6.75. The number of anilines is 1. The molecule has 1 rings (SSSR count). The zero-order valence-corrected chi connectivity index (χ0v) is 7.51. The first-order valence-corrected chi connectivity index (χ1v) is 4.38. The molecule has 80 valence electrons. The van der Waals surface area contributed by atoms with Gasteiger partial charge in [-0.15, -0.1) is 0 Å². The summed E-state index contributed by atoms with van der Waals surface area (Å²) in [4.78, 5) is 0. The van der Waals surface area contributed by atoms with Gasteiger partial charge < -0.3 is 15.9 Å². The van der Waals surface area contributed by atoms with Gasteiger partial charge in [-0.05, 0) is 12.1 Å². The lowest BCUT2D eigenvalue weighted by molar-refractivity contribution is -1.92. The van der Waals surface area contributed by atoms with E-state index in [9.17, 15) is 0 Å². The predicted octanol–water partition coefficient (Wildman–Crippen LogP) is -3.44. The van der Waals surface area contributed by atoms with Gasteiger partial charge in [0.05, 0.1) is 20.6 Å². The van der Waals surface area contributed by atoms with Crippen LogP contribution >= 0.6 is 0 Å². The van der Waals surface area contributed by atoms with Gasteiger partial charge in [0.25, 0.3) is 0 Å². The fourth-order valence-electron chi connectivity index (χ4n) is 0.549. The molecule has 0 saturated carbocycles. The van der Waals surface area contributed by atoms with Gasteiger partial charge in [-0.1, -0.05) is 6.07 Å². The quantitative estimate of drug-likeness (QED) is 0.264. The first-order valence-electron chi connectivity index (χ1n) is 3.11. The lowest BCUT2D eigenvalue weighted by Crippen LogP contribution is -2.58. The normalized spacial score (nSPS) is 10.3. The summed E-state index contributed by atoms with van der Waals surface area (Å²) in [6.07, 6.45) is 0. The molecule has 1 aromatic carbocycles. The summed E-state index contributed by atoms with van der Waals surface area (Å²) >= 11 is 0. The Morgan fingerprint density at radius 2 is 1.57 bits per heavy atom. The van der Waals surface area contributed by atoms with E-state index in [-0.39, 0.29) is 17.2 Å². The van der Waals surface area contributed by atoms with E-state index in [1.165, 1.54) is 12.1 Å².